The average molecular weight is 374 g/mol. The summed E-state index contributed by atoms with van der Waals surface area (Å²) in [7, 11) is 0. The van der Waals surface area contributed by atoms with E-state index in [0.717, 1.165) is 28.1 Å². The summed E-state index contributed by atoms with van der Waals surface area (Å²) in [5.74, 6) is 0.236. The van der Waals surface area contributed by atoms with Gasteiger partial charge in [-0.3, -0.25) is 4.79 Å². The van der Waals surface area contributed by atoms with Gasteiger partial charge in [0, 0.05) is 23.8 Å². The molecule has 0 unspecified atom stereocenters. The van der Waals surface area contributed by atoms with Crippen LogP contribution in [0.5, 0.6) is 0 Å². The van der Waals surface area contributed by atoms with Gasteiger partial charge in [-0.2, -0.15) is 0 Å². The van der Waals surface area contributed by atoms with Gasteiger partial charge in [-0.05, 0) is 42.0 Å². The molecule has 0 aliphatic carbocycles. The first-order valence-corrected chi connectivity index (χ1v) is 9.32. The minimum Gasteiger partial charge on any atom is -0.324 e. The Morgan fingerprint density at radius 2 is 1.50 bits per heavy atom. The van der Waals surface area contributed by atoms with Crippen LogP contribution in [0.15, 0.2) is 54.9 Å². The Morgan fingerprint density at radius 3 is 2.11 bits per heavy atom. The molecule has 0 spiro atoms. The third kappa shape index (κ3) is 4.36. The van der Waals surface area contributed by atoms with Crippen molar-refractivity contribution < 1.29 is 4.79 Å². The summed E-state index contributed by atoms with van der Waals surface area (Å²) in [6.45, 7) is 10.4. The fourth-order valence-electron chi connectivity index (χ4n) is 3.07. The van der Waals surface area contributed by atoms with Gasteiger partial charge in [0.05, 0.1) is 5.56 Å². The first-order valence-electron chi connectivity index (χ1n) is 9.32. The van der Waals surface area contributed by atoms with Gasteiger partial charge < -0.3 is 10.6 Å². The highest BCUT2D eigenvalue weighted by Gasteiger charge is 2.19. The first-order chi connectivity index (χ1) is 13.3. The van der Waals surface area contributed by atoms with E-state index >= 15 is 0 Å². The number of rotatable bonds is 4. The summed E-state index contributed by atoms with van der Waals surface area (Å²) in [4.78, 5) is 21.3. The number of nitrogens with one attached hydrogen (secondary N) is 2. The quantitative estimate of drug-likeness (QED) is 0.643. The van der Waals surface area contributed by atoms with Gasteiger partial charge in [0.1, 0.15) is 0 Å². The molecule has 144 valence electrons. The van der Waals surface area contributed by atoms with Crippen molar-refractivity contribution in [1.29, 1.82) is 0 Å². The Bertz CT molecular complexity index is 968. The van der Waals surface area contributed by atoms with Crippen molar-refractivity contribution in [3.8, 4) is 0 Å². The molecule has 1 amide bonds. The summed E-state index contributed by atoms with van der Waals surface area (Å²) in [5.41, 5.74) is 5.44. The van der Waals surface area contributed by atoms with Crippen molar-refractivity contribution in [2.45, 2.75) is 40.0 Å². The highest BCUT2D eigenvalue weighted by molar-refractivity contribution is 6.04. The van der Waals surface area contributed by atoms with E-state index in [1.165, 1.54) is 12.4 Å². The second-order valence-electron chi connectivity index (χ2n) is 7.94. The number of carbonyl (C=O) groups excluding carboxylic acids is 1. The number of para-hydroxylation sites is 2. The van der Waals surface area contributed by atoms with Gasteiger partial charge in [0.2, 0.25) is 5.95 Å². The number of hydrogen-bond acceptors (Lipinski definition) is 4. The van der Waals surface area contributed by atoms with Gasteiger partial charge in [-0.15, -0.1) is 0 Å². The van der Waals surface area contributed by atoms with Gasteiger partial charge in [-0.1, -0.05) is 57.2 Å². The minimum absolute atomic E-state index is 0.0699. The molecule has 0 radical (unpaired) electrons. The van der Waals surface area contributed by atoms with Crippen LogP contribution in [0.2, 0.25) is 0 Å². The highest BCUT2D eigenvalue weighted by Crippen LogP contribution is 2.29. The lowest BCUT2D eigenvalue weighted by molar-refractivity contribution is 0.102. The Morgan fingerprint density at radius 1 is 0.893 bits per heavy atom. The standard InChI is InChI=1S/C23H26N4O/c1-15-9-8-10-16(2)20(15)27-22-24-13-17(14-25-22)21(28)26-19-12-7-6-11-18(19)23(3,4)5/h6-14H,1-5H3,(H,26,28)(H,24,25,27). The molecule has 2 aromatic carbocycles. The van der Waals surface area contributed by atoms with E-state index in [9.17, 15) is 4.79 Å². The second kappa shape index (κ2) is 7.80. The molecule has 3 aromatic rings. The molecule has 0 atom stereocenters. The number of carbonyl (C=O) groups is 1. The number of benzene rings is 2. The number of anilines is 3. The van der Waals surface area contributed by atoms with Crippen molar-refractivity contribution in [2.75, 3.05) is 10.6 Å². The summed E-state index contributed by atoms with van der Waals surface area (Å²) >= 11 is 0. The molecule has 0 aliphatic heterocycles. The van der Waals surface area contributed by atoms with Crippen LogP contribution in [0.4, 0.5) is 17.3 Å². The fourth-order valence-corrected chi connectivity index (χ4v) is 3.07. The molecule has 0 aliphatic rings. The molecular formula is C23H26N4O. The smallest absolute Gasteiger partial charge is 0.258 e. The molecule has 1 aromatic heterocycles. The topological polar surface area (TPSA) is 66.9 Å². The van der Waals surface area contributed by atoms with Crippen LogP contribution in [0.1, 0.15) is 47.8 Å². The van der Waals surface area contributed by atoms with Crippen molar-refractivity contribution in [2.24, 2.45) is 0 Å². The van der Waals surface area contributed by atoms with Crippen LogP contribution in [0, 0.1) is 13.8 Å². The summed E-state index contributed by atoms with van der Waals surface area (Å²) in [6, 6.07) is 13.9. The lowest BCUT2D eigenvalue weighted by Gasteiger charge is -2.23. The van der Waals surface area contributed by atoms with Crippen LogP contribution < -0.4 is 10.6 Å². The van der Waals surface area contributed by atoms with Crippen molar-refractivity contribution in [3.05, 3.63) is 77.1 Å². The van der Waals surface area contributed by atoms with Gasteiger partial charge in [0.15, 0.2) is 0 Å². The first kappa shape index (κ1) is 19.5. The van der Waals surface area contributed by atoms with Gasteiger partial charge >= 0.3 is 0 Å². The Labute approximate surface area is 166 Å². The van der Waals surface area contributed by atoms with E-state index in [-0.39, 0.29) is 11.3 Å². The van der Waals surface area contributed by atoms with Crippen LogP contribution in [-0.4, -0.2) is 15.9 Å². The Hall–Kier alpha value is -3.21. The molecule has 5 heteroatoms. The zero-order valence-electron chi connectivity index (χ0n) is 17.0. The predicted molar refractivity (Wildman–Crippen MR) is 114 cm³/mol. The maximum absolute atomic E-state index is 12.7. The van der Waals surface area contributed by atoms with E-state index in [1.54, 1.807) is 0 Å². The lowest BCUT2D eigenvalue weighted by Crippen LogP contribution is -2.19. The molecule has 5 nitrogen and oxygen atoms in total. The highest BCUT2D eigenvalue weighted by atomic mass is 16.1. The van der Waals surface area contributed by atoms with E-state index in [4.69, 9.17) is 0 Å². The third-order valence-electron chi connectivity index (χ3n) is 4.62. The predicted octanol–water partition coefficient (Wildman–Crippen LogP) is 5.39. The van der Waals surface area contributed by atoms with Crippen LogP contribution in [0.3, 0.4) is 0 Å². The number of aromatic nitrogens is 2. The van der Waals surface area contributed by atoms with Gasteiger partial charge in [0.25, 0.3) is 5.91 Å². The van der Waals surface area contributed by atoms with Crippen molar-refractivity contribution in [3.63, 3.8) is 0 Å². The molecular weight excluding hydrogens is 348 g/mol. The van der Waals surface area contributed by atoms with Crippen LogP contribution in [-0.2, 0) is 5.41 Å². The molecule has 1 heterocycles. The molecule has 0 saturated heterocycles. The Kier molecular flexibility index (Phi) is 5.45. The normalized spacial score (nSPS) is 11.2. The fraction of sp³-hybridized carbons (Fsp3) is 0.261. The number of aryl methyl sites for hydroxylation is 2. The number of nitrogens with zero attached hydrogens (tertiary/aromatic N) is 2. The summed E-state index contributed by atoms with van der Waals surface area (Å²) < 4.78 is 0. The van der Waals surface area contributed by atoms with Crippen LogP contribution >= 0.6 is 0 Å². The number of amides is 1. The van der Waals surface area contributed by atoms with Gasteiger partial charge in [-0.25, -0.2) is 9.97 Å². The minimum atomic E-state index is -0.227. The van der Waals surface area contributed by atoms with Crippen molar-refractivity contribution >= 4 is 23.2 Å². The van der Waals surface area contributed by atoms with E-state index in [1.807, 2.05) is 56.3 Å². The zero-order valence-corrected chi connectivity index (χ0v) is 17.0. The van der Waals surface area contributed by atoms with E-state index < -0.39 is 0 Å². The van der Waals surface area contributed by atoms with E-state index in [0.29, 0.717) is 11.5 Å². The van der Waals surface area contributed by atoms with Crippen LogP contribution in [0.25, 0.3) is 0 Å². The molecule has 2 N–H and O–H groups in total. The average Bonchev–Trinajstić information content (AvgIpc) is 2.65. The summed E-state index contributed by atoms with van der Waals surface area (Å²) in [6.07, 6.45) is 3.08. The monoisotopic (exact) mass is 374 g/mol. The molecule has 0 fully saturated rings. The second-order valence-corrected chi connectivity index (χ2v) is 7.94. The lowest BCUT2D eigenvalue weighted by atomic mass is 9.86. The van der Waals surface area contributed by atoms with Crippen molar-refractivity contribution in [1.82, 2.24) is 9.97 Å². The SMILES string of the molecule is Cc1cccc(C)c1Nc1ncc(C(=O)Nc2ccccc2C(C)(C)C)cn1. The molecule has 3 rings (SSSR count). The van der Waals surface area contributed by atoms with E-state index in [2.05, 4.69) is 41.4 Å². The number of hydrogen-bond donors (Lipinski definition) is 2. The molecule has 0 saturated carbocycles. The molecule has 0 bridgehead atoms. The Balaban J connectivity index is 1.77. The maximum Gasteiger partial charge on any atom is 0.258 e. The maximum atomic E-state index is 12.7. The third-order valence-corrected chi connectivity index (χ3v) is 4.62. The summed E-state index contributed by atoms with van der Waals surface area (Å²) in [5, 5.41) is 6.21. The zero-order chi connectivity index (χ0) is 20.3. The molecule has 28 heavy (non-hydrogen) atoms. The largest absolute Gasteiger partial charge is 0.324 e.